The summed E-state index contributed by atoms with van der Waals surface area (Å²) in [5.41, 5.74) is 1.24. The van der Waals surface area contributed by atoms with E-state index in [1.54, 1.807) is 7.11 Å². The van der Waals surface area contributed by atoms with E-state index >= 15 is 0 Å². The SMILES string of the molecule is CCNC(=NCC1CCCC1O)N1CCN(c2ccc(OC)cc2)CC1.I. The Labute approximate surface area is 180 Å². The number of guanidine groups is 1. The molecule has 1 aliphatic carbocycles. The minimum atomic E-state index is -0.173. The lowest BCUT2D eigenvalue weighted by molar-refractivity contribution is 0.136. The Hall–Kier alpha value is -1.22. The van der Waals surface area contributed by atoms with Crippen molar-refractivity contribution in [1.29, 1.82) is 0 Å². The largest absolute Gasteiger partial charge is 0.497 e. The molecule has 1 saturated carbocycles. The van der Waals surface area contributed by atoms with Crippen molar-refractivity contribution in [2.45, 2.75) is 32.3 Å². The van der Waals surface area contributed by atoms with Crippen LogP contribution in [0.25, 0.3) is 0 Å². The van der Waals surface area contributed by atoms with E-state index < -0.39 is 0 Å². The van der Waals surface area contributed by atoms with Crippen LogP contribution >= 0.6 is 24.0 Å². The summed E-state index contributed by atoms with van der Waals surface area (Å²) in [5, 5.41) is 13.4. The molecule has 1 saturated heterocycles. The molecule has 1 heterocycles. The first kappa shape index (κ1) is 22.1. The second-order valence-corrected chi connectivity index (χ2v) is 7.13. The Morgan fingerprint density at radius 1 is 1.19 bits per heavy atom. The summed E-state index contributed by atoms with van der Waals surface area (Å²) in [6.07, 6.45) is 2.97. The fourth-order valence-corrected chi connectivity index (χ4v) is 3.83. The maximum Gasteiger partial charge on any atom is 0.194 e. The normalized spacial score (nSPS) is 23.1. The molecule has 152 valence electrons. The molecule has 1 aromatic rings. The molecule has 1 aromatic carbocycles. The van der Waals surface area contributed by atoms with Crippen LogP contribution in [0.4, 0.5) is 5.69 Å². The molecule has 3 rings (SSSR count). The van der Waals surface area contributed by atoms with Gasteiger partial charge in [-0.25, -0.2) is 0 Å². The van der Waals surface area contributed by atoms with E-state index in [1.165, 1.54) is 5.69 Å². The topological polar surface area (TPSA) is 60.3 Å². The maximum absolute atomic E-state index is 10.0. The van der Waals surface area contributed by atoms with Crippen LogP contribution < -0.4 is 15.0 Å². The fraction of sp³-hybridized carbons (Fsp3) is 0.650. The third kappa shape index (κ3) is 5.88. The van der Waals surface area contributed by atoms with Crippen LogP contribution in [0.1, 0.15) is 26.2 Å². The highest BCUT2D eigenvalue weighted by atomic mass is 127. The first-order chi connectivity index (χ1) is 12.7. The molecule has 1 aliphatic heterocycles. The highest BCUT2D eigenvalue weighted by Gasteiger charge is 2.26. The zero-order chi connectivity index (χ0) is 18.4. The number of nitrogens with zero attached hydrogens (tertiary/aromatic N) is 3. The van der Waals surface area contributed by atoms with Crippen molar-refractivity contribution in [3.8, 4) is 5.75 Å². The number of hydrogen-bond donors (Lipinski definition) is 2. The third-order valence-corrected chi connectivity index (χ3v) is 5.45. The zero-order valence-corrected chi connectivity index (χ0v) is 18.8. The van der Waals surface area contributed by atoms with Gasteiger partial charge in [0.1, 0.15) is 5.75 Å². The molecule has 2 unspecified atom stereocenters. The van der Waals surface area contributed by atoms with Gasteiger partial charge in [0, 0.05) is 50.9 Å². The van der Waals surface area contributed by atoms with Crippen LogP contribution in [-0.4, -0.2) is 68.4 Å². The monoisotopic (exact) mass is 488 g/mol. The van der Waals surface area contributed by atoms with Crippen molar-refractivity contribution in [3.05, 3.63) is 24.3 Å². The van der Waals surface area contributed by atoms with Crippen LogP contribution in [-0.2, 0) is 0 Å². The average molecular weight is 488 g/mol. The van der Waals surface area contributed by atoms with Crippen LogP contribution in [0.3, 0.4) is 0 Å². The summed E-state index contributed by atoms with van der Waals surface area (Å²) in [6.45, 7) is 7.54. The molecule has 2 N–H and O–H groups in total. The molecule has 7 heteroatoms. The summed E-state index contributed by atoms with van der Waals surface area (Å²) in [7, 11) is 1.69. The van der Waals surface area contributed by atoms with Gasteiger partial charge in [0.05, 0.1) is 13.2 Å². The Kier molecular flexibility index (Phi) is 8.95. The number of halogens is 1. The Bertz CT molecular complexity index is 588. The first-order valence-corrected chi connectivity index (χ1v) is 9.81. The first-order valence-electron chi connectivity index (χ1n) is 9.81. The lowest BCUT2D eigenvalue weighted by Crippen LogP contribution is -2.52. The molecule has 0 bridgehead atoms. The summed E-state index contributed by atoms with van der Waals surface area (Å²) >= 11 is 0. The van der Waals surface area contributed by atoms with Gasteiger partial charge >= 0.3 is 0 Å². The second kappa shape index (κ2) is 10.9. The van der Waals surface area contributed by atoms with Gasteiger partial charge in [-0.3, -0.25) is 4.99 Å². The molecule has 2 atom stereocenters. The van der Waals surface area contributed by atoms with Crippen LogP contribution in [0, 0.1) is 5.92 Å². The standard InChI is InChI=1S/C20H32N4O2.HI/c1-3-21-20(22-15-16-5-4-6-19(16)25)24-13-11-23(12-14-24)17-7-9-18(26-2)10-8-17;/h7-10,16,19,25H,3-6,11-15H2,1-2H3,(H,21,22);1H. The van der Waals surface area contributed by atoms with Crippen molar-refractivity contribution < 1.29 is 9.84 Å². The van der Waals surface area contributed by atoms with E-state index in [2.05, 4.69) is 34.2 Å². The average Bonchev–Trinajstić information content (AvgIpc) is 3.10. The van der Waals surface area contributed by atoms with Gasteiger partial charge in [-0.1, -0.05) is 6.42 Å². The number of piperazine rings is 1. The molecule has 2 fully saturated rings. The number of aliphatic hydroxyl groups excluding tert-OH is 1. The minimum Gasteiger partial charge on any atom is -0.497 e. The van der Waals surface area contributed by atoms with Crippen molar-refractivity contribution in [1.82, 2.24) is 10.2 Å². The molecule has 2 aliphatic rings. The molecule has 0 amide bonds. The number of benzene rings is 1. The van der Waals surface area contributed by atoms with Crippen LogP contribution in [0.5, 0.6) is 5.75 Å². The van der Waals surface area contributed by atoms with Gasteiger partial charge in [-0.2, -0.15) is 0 Å². The smallest absolute Gasteiger partial charge is 0.194 e. The zero-order valence-electron chi connectivity index (χ0n) is 16.4. The molecule has 0 radical (unpaired) electrons. The van der Waals surface area contributed by atoms with Crippen molar-refractivity contribution >= 4 is 35.6 Å². The Morgan fingerprint density at radius 2 is 1.89 bits per heavy atom. The Morgan fingerprint density at radius 3 is 2.44 bits per heavy atom. The lowest BCUT2D eigenvalue weighted by atomic mass is 10.1. The number of nitrogens with one attached hydrogen (secondary N) is 1. The van der Waals surface area contributed by atoms with Crippen molar-refractivity contribution in [2.24, 2.45) is 10.9 Å². The lowest BCUT2D eigenvalue weighted by Gasteiger charge is -2.38. The third-order valence-electron chi connectivity index (χ3n) is 5.45. The van der Waals surface area contributed by atoms with Crippen LogP contribution in [0.15, 0.2) is 29.3 Å². The van der Waals surface area contributed by atoms with E-state index in [9.17, 15) is 5.11 Å². The van der Waals surface area contributed by atoms with Crippen molar-refractivity contribution in [2.75, 3.05) is 51.3 Å². The summed E-state index contributed by atoms with van der Waals surface area (Å²) in [6, 6.07) is 8.27. The second-order valence-electron chi connectivity index (χ2n) is 7.13. The summed E-state index contributed by atoms with van der Waals surface area (Å²) in [5.74, 6) is 2.20. The molecular formula is C20H33IN4O2. The molecular weight excluding hydrogens is 455 g/mol. The highest BCUT2D eigenvalue weighted by Crippen LogP contribution is 2.26. The van der Waals surface area contributed by atoms with E-state index in [4.69, 9.17) is 9.73 Å². The van der Waals surface area contributed by atoms with E-state index in [0.717, 1.165) is 70.2 Å². The van der Waals surface area contributed by atoms with Gasteiger partial charge in [0.25, 0.3) is 0 Å². The number of aliphatic hydroxyl groups is 1. The van der Waals surface area contributed by atoms with Gasteiger partial charge in [0.2, 0.25) is 0 Å². The number of hydrogen-bond acceptors (Lipinski definition) is 4. The molecule has 0 aromatic heterocycles. The van der Waals surface area contributed by atoms with Crippen molar-refractivity contribution in [3.63, 3.8) is 0 Å². The predicted molar refractivity (Wildman–Crippen MR) is 122 cm³/mol. The van der Waals surface area contributed by atoms with E-state index in [-0.39, 0.29) is 30.1 Å². The van der Waals surface area contributed by atoms with Gasteiger partial charge in [-0.15, -0.1) is 24.0 Å². The van der Waals surface area contributed by atoms with E-state index in [0.29, 0.717) is 5.92 Å². The molecule has 6 nitrogen and oxygen atoms in total. The minimum absolute atomic E-state index is 0. The summed E-state index contributed by atoms with van der Waals surface area (Å²) in [4.78, 5) is 9.57. The fourth-order valence-electron chi connectivity index (χ4n) is 3.83. The van der Waals surface area contributed by atoms with Crippen LogP contribution in [0.2, 0.25) is 0 Å². The van der Waals surface area contributed by atoms with E-state index in [1.807, 2.05) is 12.1 Å². The number of methoxy groups -OCH3 is 1. The Balaban J connectivity index is 0.00000261. The highest BCUT2D eigenvalue weighted by molar-refractivity contribution is 14.0. The molecule has 0 spiro atoms. The number of aliphatic imine (C=N–C) groups is 1. The van der Waals surface area contributed by atoms with Gasteiger partial charge in [-0.05, 0) is 44.0 Å². The quantitative estimate of drug-likeness (QED) is 0.379. The summed E-state index contributed by atoms with van der Waals surface area (Å²) < 4.78 is 5.24. The number of ether oxygens (including phenoxy) is 1. The van der Waals surface area contributed by atoms with Gasteiger partial charge < -0.3 is 25.0 Å². The number of anilines is 1. The predicted octanol–water partition coefficient (Wildman–Crippen LogP) is 2.56. The maximum atomic E-state index is 10.0. The van der Waals surface area contributed by atoms with Gasteiger partial charge in [0.15, 0.2) is 5.96 Å². The number of rotatable bonds is 5. The molecule has 27 heavy (non-hydrogen) atoms.